The number of benzene rings is 2. The number of carbonyl (C=O) groups excluding carboxylic acids is 2. The first-order valence-corrected chi connectivity index (χ1v) is 7.73. The summed E-state index contributed by atoms with van der Waals surface area (Å²) in [5.74, 6) is 5.36. The highest BCUT2D eigenvalue weighted by molar-refractivity contribution is 6.00. The standard InChI is InChI=1S/C18H22N4O3/c1-12-3-5-13(6-4-12)10-21-17(23)11-22(20)18(24)15-8-7-14(25-2)9-16(15)19/h3-9H,10-11,19-20H2,1-2H3,(H,21,23). The van der Waals surface area contributed by atoms with Gasteiger partial charge >= 0.3 is 0 Å². The Bertz CT molecular complexity index is 759. The first kappa shape index (κ1) is 18.3. The number of nitrogens with two attached hydrogens (primary N) is 2. The van der Waals surface area contributed by atoms with Crippen molar-refractivity contribution in [1.29, 1.82) is 0 Å². The highest BCUT2D eigenvalue weighted by atomic mass is 16.5. The van der Waals surface area contributed by atoms with Gasteiger partial charge in [0.05, 0.1) is 12.7 Å². The molecule has 0 radical (unpaired) electrons. The van der Waals surface area contributed by atoms with Crippen molar-refractivity contribution in [2.45, 2.75) is 13.5 Å². The van der Waals surface area contributed by atoms with E-state index in [9.17, 15) is 9.59 Å². The van der Waals surface area contributed by atoms with Crippen molar-refractivity contribution in [3.8, 4) is 5.75 Å². The van der Waals surface area contributed by atoms with Gasteiger partial charge in [-0.25, -0.2) is 5.84 Å². The fourth-order valence-electron chi connectivity index (χ4n) is 2.21. The predicted octanol–water partition coefficient (Wildman–Crippen LogP) is 1.22. The monoisotopic (exact) mass is 342 g/mol. The molecule has 0 saturated heterocycles. The quantitative estimate of drug-likeness (QED) is 0.316. The lowest BCUT2D eigenvalue weighted by atomic mass is 10.1. The summed E-state index contributed by atoms with van der Waals surface area (Å²) in [4.78, 5) is 24.3. The molecule has 0 atom stereocenters. The smallest absolute Gasteiger partial charge is 0.270 e. The molecule has 0 heterocycles. The van der Waals surface area contributed by atoms with Gasteiger partial charge in [0.25, 0.3) is 5.91 Å². The van der Waals surface area contributed by atoms with Crippen LogP contribution in [0.25, 0.3) is 0 Å². The molecule has 7 heteroatoms. The van der Waals surface area contributed by atoms with Gasteiger partial charge in [-0.15, -0.1) is 0 Å². The van der Waals surface area contributed by atoms with Crippen LogP contribution in [0.4, 0.5) is 5.69 Å². The molecule has 7 nitrogen and oxygen atoms in total. The Kier molecular flexibility index (Phi) is 5.97. The van der Waals surface area contributed by atoms with Crippen molar-refractivity contribution >= 4 is 17.5 Å². The molecule has 0 unspecified atom stereocenters. The number of ether oxygens (including phenoxy) is 1. The van der Waals surface area contributed by atoms with E-state index in [-0.39, 0.29) is 23.7 Å². The zero-order valence-corrected chi connectivity index (χ0v) is 14.3. The Morgan fingerprint density at radius 2 is 1.84 bits per heavy atom. The lowest BCUT2D eigenvalue weighted by Crippen LogP contribution is -2.44. The van der Waals surface area contributed by atoms with Crippen LogP contribution < -0.4 is 21.6 Å². The molecule has 0 bridgehead atoms. The summed E-state index contributed by atoms with van der Waals surface area (Å²) in [6.45, 7) is 2.09. The topological polar surface area (TPSA) is 111 Å². The Labute approximate surface area is 146 Å². The molecule has 0 aromatic heterocycles. The van der Waals surface area contributed by atoms with Gasteiger partial charge in [0.1, 0.15) is 12.3 Å². The van der Waals surface area contributed by atoms with E-state index < -0.39 is 5.91 Å². The molecule has 2 rings (SSSR count). The van der Waals surface area contributed by atoms with Crippen LogP contribution in [0.15, 0.2) is 42.5 Å². The van der Waals surface area contributed by atoms with Crippen molar-refractivity contribution in [2.24, 2.45) is 5.84 Å². The molecule has 0 spiro atoms. The van der Waals surface area contributed by atoms with Crippen LogP contribution in [-0.2, 0) is 11.3 Å². The maximum Gasteiger partial charge on any atom is 0.270 e. The van der Waals surface area contributed by atoms with E-state index in [1.54, 1.807) is 6.07 Å². The Hall–Kier alpha value is -3.06. The molecule has 0 aliphatic carbocycles. The minimum absolute atomic E-state index is 0.217. The Balaban J connectivity index is 1.91. The number of amides is 2. The van der Waals surface area contributed by atoms with Gasteiger partial charge in [-0.1, -0.05) is 29.8 Å². The number of rotatable bonds is 6. The average Bonchev–Trinajstić information content (AvgIpc) is 2.60. The van der Waals surface area contributed by atoms with E-state index in [0.29, 0.717) is 12.3 Å². The third-order valence-electron chi connectivity index (χ3n) is 3.67. The molecule has 5 N–H and O–H groups in total. The van der Waals surface area contributed by atoms with Gasteiger partial charge in [0, 0.05) is 18.3 Å². The van der Waals surface area contributed by atoms with Gasteiger partial charge in [-0.2, -0.15) is 0 Å². The maximum atomic E-state index is 12.3. The molecule has 132 valence electrons. The SMILES string of the molecule is COc1ccc(C(=O)N(N)CC(=O)NCc2ccc(C)cc2)c(N)c1. The summed E-state index contributed by atoms with van der Waals surface area (Å²) >= 11 is 0. The number of carbonyl (C=O) groups is 2. The minimum atomic E-state index is -0.536. The summed E-state index contributed by atoms with van der Waals surface area (Å²) < 4.78 is 5.04. The number of hydrazine groups is 1. The zero-order chi connectivity index (χ0) is 18.4. The van der Waals surface area contributed by atoms with E-state index in [1.165, 1.54) is 19.2 Å². The normalized spacial score (nSPS) is 10.2. The number of hydrogen-bond donors (Lipinski definition) is 3. The molecular formula is C18H22N4O3. The highest BCUT2D eigenvalue weighted by Gasteiger charge is 2.18. The third kappa shape index (κ3) is 4.95. The number of anilines is 1. The van der Waals surface area contributed by atoms with E-state index >= 15 is 0 Å². The van der Waals surface area contributed by atoms with E-state index in [2.05, 4.69) is 5.32 Å². The minimum Gasteiger partial charge on any atom is -0.497 e. The first-order valence-electron chi connectivity index (χ1n) is 7.73. The molecule has 25 heavy (non-hydrogen) atoms. The van der Waals surface area contributed by atoms with E-state index in [4.69, 9.17) is 16.3 Å². The maximum absolute atomic E-state index is 12.3. The molecule has 0 aliphatic heterocycles. The van der Waals surface area contributed by atoms with Crippen molar-refractivity contribution in [3.63, 3.8) is 0 Å². The number of methoxy groups -OCH3 is 1. The fraction of sp³-hybridized carbons (Fsp3) is 0.222. The number of nitrogen functional groups attached to an aromatic ring is 1. The molecule has 2 aromatic carbocycles. The Morgan fingerprint density at radius 3 is 2.44 bits per heavy atom. The lowest BCUT2D eigenvalue weighted by molar-refractivity contribution is -0.122. The van der Waals surface area contributed by atoms with Gasteiger partial charge in [0.15, 0.2) is 0 Å². The molecule has 2 amide bonds. The second kappa shape index (κ2) is 8.16. The largest absolute Gasteiger partial charge is 0.497 e. The summed E-state index contributed by atoms with van der Waals surface area (Å²) in [7, 11) is 1.50. The van der Waals surface area contributed by atoms with Crippen molar-refractivity contribution in [1.82, 2.24) is 10.3 Å². The van der Waals surface area contributed by atoms with Crippen molar-refractivity contribution in [2.75, 3.05) is 19.4 Å². The zero-order valence-electron chi connectivity index (χ0n) is 14.3. The van der Waals surface area contributed by atoms with Crippen LogP contribution >= 0.6 is 0 Å². The first-order chi connectivity index (χ1) is 11.9. The molecule has 0 aliphatic rings. The fourth-order valence-corrected chi connectivity index (χ4v) is 2.21. The van der Waals surface area contributed by atoms with Gasteiger partial charge < -0.3 is 15.8 Å². The number of aryl methyl sites for hydroxylation is 1. The third-order valence-corrected chi connectivity index (χ3v) is 3.67. The van der Waals surface area contributed by atoms with Crippen LogP contribution in [-0.4, -0.2) is 30.5 Å². The van der Waals surface area contributed by atoms with Crippen LogP contribution in [0.2, 0.25) is 0 Å². The van der Waals surface area contributed by atoms with Crippen molar-refractivity contribution in [3.05, 3.63) is 59.2 Å². The van der Waals surface area contributed by atoms with Crippen LogP contribution in [0.3, 0.4) is 0 Å². The van der Waals surface area contributed by atoms with Gasteiger partial charge in [0.2, 0.25) is 5.91 Å². The van der Waals surface area contributed by atoms with Crippen molar-refractivity contribution < 1.29 is 14.3 Å². The summed E-state index contributed by atoms with van der Waals surface area (Å²) in [6, 6.07) is 12.4. The van der Waals surface area contributed by atoms with Gasteiger partial charge in [-0.05, 0) is 24.6 Å². The van der Waals surface area contributed by atoms with Crippen LogP contribution in [0, 0.1) is 6.92 Å². The molecule has 0 saturated carbocycles. The predicted molar refractivity (Wildman–Crippen MR) is 95.7 cm³/mol. The molecule has 0 fully saturated rings. The molecular weight excluding hydrogens is 320 g/mol. The second-order valence-corrected chi connectivity index (χ2v) is 5.65. The highest BCUT2D eigenvalue weighted by Crippen LogP contribution is 2.20. The summed E-state index contributed by atoms with van der Waals surface area (Å²) in [6.07, 6.45) is 0. The second-order valence-electron chi connectivity index (χ2n) is 5.65. The number of hydrogen-bond acceptors (Lipinski definition) is 5. The molecule has 2 aromatic rings. The summed E-state index contributed by atoms with van der Waals surface area (Å²) in [5, 5.41) is 3.56. The Morgan fingerprint density at radius 1 is 1.16 bits per heavy atom. The number of nitrogens with one attached hydrogen (secondary N) is 1. The van der Waals surface area contributed by atoms with Gasteiger partial charge in [-0.3, -0.25) is 14.6 Å². The van der Waals surface area contributed by atoms with E-state index in [1.807, 2.05) is 31.2 Å². The van der Waals surface area contributed by atoms with E-state index in [0.717, 1.165) is 16.1 Å². The summed E-state index contributed by atoms with van der Waals surface area (Å²) in [5.41, 5.74) is 8.39. The number of nitrogens with zero attached hydrogens (tertiary/aromatic N) is 1. The average molecular weight is 342 g/mol. The van der Waals surface area contributed by atoms with Crippen LogP contribution in [0.1, 0.15) is 21.5 Å². The van der Waals surface area contributed by atoms with Crippen LogP contribution in [0.5, 0.6) is 5.75 Å². The lowest BCUT2D eigenvalue weighted by Gasteiger charge is -2.17.